The molecule has 15 heavy (non-hydrogen) atoms. The average Bonchev–Trinajstić information content (AvgIpc) is 2.18. The minimum absolute atomic E-state index is 0.187. The number of hydrogen-bond donors (Lipinski definition) is 2. The lowest BCUT2D eigenvalue weighted by atomic mass is 9.98. The first-order valence-corrected chi connectivity index (χ1v) is 5.28. The summed E-state index contributed by atoms with van der Waals surface area (Å²) in [5.74, 6) is 0. The number of ether oxygens (including phenoxy) is 2. The summed E-state index contributed by atoms with van der Waals surface area (Å²) in [7, 11) is 0. The first-order chi connectivity index (χ1) is 6.97. The van der Waals surface area contributed by atoms with Crippen LogP contribution in [0, 0.1) is 0 Å². The maximum atomic E-state index is 13.5. The van der Waals surface area contributed by atoms with Gasteiger partial charge in [-0.1, -0.05) is 6.92 Å². The fourth-order valence-electron chi connectivity index (χ4n) is 1.61. The van der Waals surface area contributed by atoms with Gasteiger partial charge in [-0.15, -0.1) is 0 Å². The molecular formula is C10H19FO4. The van der Waals surface area contributed by atoms with Crippen LogP contribution in [0.4, 0.5) is 4.39 Å². The highest BCUT2D eigenvalue weighted by atomic mass is 19.1. The van der Waals surface area contributed by atoms with E-state index in [2.05, 4.69) is 0 Å². The smallest absolute Gasteiger partial charge is 0.192 e. The molecule has 5 unspecified atom stereocenters. The highest BCUT2D eigenvalue weighted by Gasteiger charge is 2.44. The van der Waals surface area contributed by atoms with E-state index in [1.165, 1.54) is 0 Å². The van der Waals surface area contributed by atoms with Crippen LogP contribution in [0.15, 0.2) is 0 Å². The van der Waals surface area contributed by atoms with Crippen LogP contribution in [0.3, 0.4) is 0 Å². The van der Waals surface area contributed by atoms with Crippen LogP contribution in [0.1, 0.15) is 27.2 Å². The largest absolute Gasteiger partial charge is 0.388 e. The molecule has 0 aromatic rings. The molecule has 0 spiro atoms. The molecule has 0 aromatic heterocycles. The molecule has 0 amide bonds. The number of aliphatic hydroxyl groups excluding tert-OH is 2. The van der Waals surface area contributed by atoms with Gasteiger partial charge in [0, 0.05) is 0 Å². The molecule has 0 bridgehead atoms. The van der Waals surface area contributed by atoms with Gasteiger partial charge in [-0.25, -0.2) is 4.39 Å². The van der Waals surface area contributed by atoms with Crippen molar-refractivity contribution in [3.63, 3.8) is 0 Å². The quantitative estimate of drug-likeness (QED) is 0.734. The van der Waals surface area contributed by atoms with E-state index in [4.69, 9.17) is 9.47 Å². The number of alkyl halides is 1. The van der Waals surface area contributed by atoms with E-state index in [0.717, 1.165) is 0 Å². The summed E-state index contributed by atoms with van der Waals surface area (Å²) in [6, 6.07) is 0. The summed E-state index contributed by atoms with van der Waals surface area (Å²) >= 11 is 0. The Morgan fingerprint density at radius 3 is 2.40 bits per heavy atom. The van der Waals surface area contributed by atoms with Crippen molar-refractivity contribution in [2.45, 2.75) is 64.1 Å². The lowest BCUT2D eigenvalue weighted by Crippen LogP contribution is -2.56. The molecule has 90 valence electrons. The molecule has 0 aliphatic carbocycles. The van der Waals surface area contributed by atoms with Gasteiger partial charge >= 0.3 is 0 Å². The maximum Gasteiger partial charge on any atom is 0.192 e. The fraction of sp³-hybridized carbons (Fsp3) is 1.00. The van der Waals surface area contributed by atoms with Gasteiger partial charge in [0.25, 0.3) is 0 Å². The summed E-state index contributed by atoms with van der Waals surface area (Å²) in [5, 5.41) is 18.9. The molecule has 1 fully saturated rings. The zero-order valence-corrected chi connectivity index (χ0v) is 9.26. The van der Waals surface area contributed by atoms with E-state index < -0.39 is 30.8 Å². The normalized spacial score (nSPS) is 42.2. The SMILES string of the molecule is CCC1OC(OC(C)C)C(F)C(O)C1O. The van der Waals surface area contributed by atoms with Gasteiger partial charge in [0.1, 0.15) is 12.2 Å². The standard InChI is InChI=1S/C10H19FO4/c1-4-6-8(12)9(13)7(11)10(15-6)14-5(2)3/h5-10,12-13H,4H2,1-3H3. The highest BCUT2D eigenvalue weighted by molar-refractivity contribution is 4.88. The van der Waals surface area contributed by atoms with E-state index in [1.807, 2.05) is 0 Å². The summed E-state index contributed by atoms with van der Waals surface area (Å²) in [4.78, 5) is 0. The predicted octanol–water partition coefficient (Wildman–Crippen LogP) is 0.606. The monoisotopic (exact) mass is 222 g/mol. The molecule has 5 heteroatoms. The Hall–Kier alpha value is -0.230. The Bertz CT molecular complexity index is 198. The van der Waals surface area contributed by atoms with Crippen LogP contribution in [0.5, 0.6) is 0 Å². The molecule has 5 atom stereocenters. The van der Waals surface area contributed by atoms with Crippen LogP contribution in [0.25, 0.3) is 0 Å². The third-order valence-electron chi connectivity index (χ3n) is 2.43. The van der Waals surface area contributed by atoms with Crippen molar-refractivity contribution in [3.05, 3.63) is 0 Å². The third-order valence-corrected chi connectivity index (χ3v) is 2.43. The number of hydrogen-bond acceptors (Lipinski definition) is 4. The van der Waals surface area contributed by atoms with Gasteiger partial charge in [-0.05, 0) is 20.3 Å². The first kappa shape index (κ1) is 12.8. The van der Waals surface area contributed by atoms with Crippen molar-refractivity contribution >= 4 is 0 Å². The maximum absolute atomic E-state index is 13.5. The summed E-state index contributed by atoms with van der Waals surface area (Å²) in [5.41, 5.74) is 0. The number of halogens is 1. The lowest BCUT2D eigenvalue weighted by Gasteiger charge is -2.39. The van der Waals surface area contributed by atoms with Crippen molar-refractivity contribution in [2.75, 3.05) is 0 Å². The van der Waals surface area contributed by atoms with Gasteiger partial charge in [0.15, 0.2) is 12.5 Å². The molecular weight excluding hydrogens is 203 g/mol. The second-order valence-electron chi connectivity index (χ2n) is 4.06. The second kappa shape index (κ2) is 5.21. The van der Waals surface area contributed by atoms with Crippen molar-refractivity contribution in [2.24, 2.45) is 0 Å². The molecule has 1 heterocycles. The van der Waals surface area contributed by atoms with E-state index in [-0.39, 0.29) is 6.10 Å². The molecule has 0 saturated carbocycles. The molecule has 4 nitrogen and oxygen atoms in total. The van der Waals surface area contributed by atoms with Gasteiger partial charge < -0.3 is 19.7 Å². The molecule has 1 rings (SSSR count). The van der Waals surface area contributed by atoms with E-state index >= 15 is 0 Å². The van der Waals surface area contributed by atoms with Crippen molar-refractivity contribution in [3.8, 4) is 0 Å². The van der Waals surface area contributed by atoms with E-state index in [0.29, 0.717) is 6.42 Å². The Labute approximate surface area is 89.0 Å². The van der Waals surface area contributed by atoms with Crippen LogP contribution in [-0.4, -0.2) is 47.1 Å². The molecule has 0 aromatic carbocycles. The number of rotatable bonds is 3. The molecule has 2 N–H and O–H groups in total. The molecule has 0 radical (unpaired) electrons. The average molecular weight is 222 g/mol. The third kappa shape index (κ3) is 2.87. The van der Waals surface area contributed by atoms with Gasteiger partial charge in [0.2, 0.25) is 0 Å². The van der Waals surface area contributed by atoms with Crippen molar-refractivity contribution < 1.29 is 24.1 Å². The van der Waals surface area contributed by atoms with Crippen LogP contribution >= 0.6 is 0 Å². The molecule has 1 aliphatic rings. The molecule has 1 saturated heterocycles. The van der Waals surface area contributed by atoms with E-state index in [1.54, 1.807) is 20.8 Å². The Balaban J connectivity index is 2.65. The topological polar surface area (TPSA) is 58.9 Å². The zero-order valence-electron chi connectivity index (χ0n) is 9.26. The summed E-state index contributed by atoms with van der Waals surface area (Å²) in [6.45, 7) is 5.31. The zero-order chi connectivity index (χ0) is 11.6. The van der Waals surface area contributed by atoms with E-state index in [9.17, 15) is 14.6 Å². The second-order valence-corrected chi connectivity index (χ2v) is 4.06. The summed E-state index contributed by atoms with van der Waals surface area (Å²) < 4.78 is 23.9. The minimum Gasteiger partial charge on any atom is -0.388 e. The van der Waals surface area contributed by atoms with Crippen LogP contribution in [0.2, 0.25) is 0 Å². The fourth-order valence-corrected chi connectivity index (χ4v) is 1.61. The Morgan fingerprint density at radius 2 is 1.93 bits per heavy atom. The van der Waals surface area contributed by atoms with Crippen LogP contribution in [-0.2, 0) is 9.47 Å². The van der Waals surface area contributed by atoms with Gasteiger partial charge in [0.05, 0.1) is 12.2 Å². The Morgan fingerprint density at radius 1 is 1.33 bits per heavy atom. The van der Waals surface area contributed by atoms with Gasteiger partial charge in [-0.3, -0.25) is 0 Å². The first-order valence-electron chi connectivity index (χ1n) is 5.28. The van der Waals surface area contributed by atoms with Crippen molar-refractivity contribution in [1.29, 1.82) is 0 Å². The summed E-state index contributed by atoms with van der Waals surface area (Å²) in [6.07, 6.45) is -5.67. The number of aliphatic hydroxyl groups is 2. The van der Waals surface area contributed by atoms with Crippen molar-refractivity contribution in [1.82, 2.24) is 0 Å². The van der Waals surface area contributed by atoms with Crippen LogP contribution < -0.4 is 0 Å². The molecule has 1 aliphatic heterocycles. The Kier molecular flexibility index (Phi) is 4.45. The lowest BCUT2D eigenvalue weighted by molar-refractivity contribution is -0.290. The minimum atomic E-state index is -1.70. The highest BCUT2D eigenvalue weighted by Crippen LogP contribution is 2.26. The predicted molar refractivity (Wildman–Crippen MR) is 52.1 cm³/mol. The van der Waals surface area contributed by atoms with Gasteiger partial charge in [-0.2, -0.15) is 0 Å².